The third-order valence-corrected chi connectivity index (χ3v) is 3.21. The van der Waals surface area contributed by atoms with Crippen LogP contribution in [0, 0.1) is 0 Å². The Morgan fingerprint density at radius 3 is 2.88 bits per heavy atom. The van der Waals surface area contributed by atoms with Crippen LogP contribution in [-0.2, 0) is 6.42 Å². The van der Waals surface area contributed by atoms with Gasteiger partial charge in [-0.25, -0.2) is 4.79 Å². The van der Waals surface area contributed by atoms with Crippen molar-refractivity contribution in [1.82, 2.24) is 0 Å². The van der Waals surface area contributed by atoms with Crippen molar-refractivity contribution in [3.63, 3.8) is 0 Å². The molecule has 17 heavy (non-hydrogen) atoms. The molecule has 1 aromatic carbocycles. The summed E-state index contributed by atoms with van der Waals surface area (Å²) in [5, 5.41) is 0.897. The maximum atomic E-state index is 11.3. The first-order chi connectivity index (χ1) is 8.15. The molecule has 2 heterocycles. The second-order valence-corrected chi connectivity index (χ2v) is 4.41. The lowest BCUT2D eigenvalue weighted by Crippen LogP contribution is -2.41. The van der Waals surface area contributed by atoms with Crippen LogP contribution in [-0.4, -0.2) is 12.1 Å². The summed E-state index contributed by atoms with van der Waals surface area (Å²) in [6, 6.07) is 6.89. The first-order valence-corrected chi connectivity index (χ1v) is 5.63. The Labute approximate surface area is 98.0 Å². The molecule has 0 radical (unpaired) electrons. The molecule has 0 bridgehead atoms. The van der Waals surface area contributed by atoms with Crippen LogP contribution in [0.3, 0.4) is 0 Å². The van der Waals surface area contributed by atoms with Crippen LogP contribution < -0.4 is 16.1 Å². The zero-order valence-electron chi connectivity index (χ0n) is 9.47. The lowest BCUT2D eigenvalue weighted by molar-refractivity contribution is 0.169. The molecule has 4 nitrogen and oxygen atoms in total. The lowest BCUT2D eigenvalue weighted by atomic mass is 9.97. The van der Waals surface area contributed by atoms with Gasteiger partial charge >= 0.3 is 5.63 Å². The number of nitrogens with two attached hydrogens (primary N) is 1. The smallest absolute Gasteiger partial charge is 0.336 e. The van der Waals surface area contributed by atoms with Gasteiger partial charge in [-0.1, -0.05) is 0 Å². The fraction of sp³-hybridized carbons (Fsp3) is 0.308. The molecule has 0 spiro atoms. The van der Waals surface area contributed by atoms with Crippen molar-refractivity contribution in [3.8, 4) is 5.75 Å². The number of fused-ring (bicyclic) bond motifs is 3. The number of ether oxygens (including phenoxy) is 1. The molecule has 0 saturated heterocycles. The Kier molecular flexibility index (Phi) is 2.19. The molecule has 1 aliphatic heterocycles. The first kappa shape index (κ1) is 10.4. The van der Waals surface area contributed by atoms with Gasteiger partial charge in [0.05, 0.1) is 0 Å². The molecular formula is C13H13NO3. The van der Waals surface area contributed by atoms with Crippen LogP contribution in [0.15, 0.2) is 33.5 Å². The van der Waals surface area contributed by atoms with Crippen LogP contribution in [0.25, 0.3) is 11.0 Å². The van der Waals surface area contributed by atoms with Crippen LogP contribution in [0.2, 0.25) is 0 Å². The van der Waals surface area contributed by atoms with E-state index in [-0.39, 0.29) is 17.8 Å². The van der Waals surface area contributed by atoms with E-state index >= 15 is 0 Å². The van der Waals surface area contributed by atoms with Gasteiger partial charge in [0.15, 0.2) is 0 Å². The zero-order valence-corrected chi connectivity index (χ0v) is 9.47. The summed E-state index contributed by atoms with van der Waals surface area (Å²) in [6.07, 6.45) is 0.649. The topological polar surface area (TPSA) is 65.5 Å². The highest BCUT2D eigenvalue weighted by Crippen LogP contribution is 2.32. The first-order valence-electron chi connectivity index (χ1n) is 5.63. The van der Waals surface area contributed by atoms with E-state index in [2.05, 4.69) is 0 Å². The van der Waals surface area contributed by atoms with Gasteiger partial charge in [-0.2, -0.15) is 0 Å². The van der Waals surface area contributed by atoms with E-state index in [1.807, 2.05) is 19.1 Å². The zero-order chi connectivity index (χ0) is 12.0. The van der Waals surface area contributed by atoms with Gasteiger partial charge in [-0.15, -0.1) is 0 Å². The van der Waals surface area contributed by atoms with Gasteiger partial charge in [-0.3, -0.25) is 0 Å². The van der Waals surface area contributed by atoms with Crippen molar-refractivity contribution < 1.29 is 9.15 Å². The molecular weight excluding hydrogens is 218 g/mol. The van der Waals surface area contributed by atoms with E-state index in [0.29, 0.717) is 12.0 Å². The second kappa shape index (κ2) is 3.60. The standard InChI is InChI=1S/C13H13NO3/c1-7-10(14)6-9-11(16-7)4-2-8-3-5-12(15)17-13(8)9/h2-5,7,10H,6,14H2,1H3. The Bertz CT molecular complexity index is 632. The van der Waals surface area contributed by atoms with E-state index in [9.17, 15) is 4.79 Å². The predicted octanol–water partition coefficient (Wildman–Crippen LogP) is 1.44. The van der Waals surface area contributed by atoms with E-state index in [0.717, 1.165) is 16.7 Å². The Hall–Kier alpha value is -1.81. The molecule has 88 valence electrons. The quantitative estimate of drug-likeness (QED) is 0.697. The molecule has 0 saturated carbocycles. The minimum Gasteiger partial charge on any atom is -0.489 e. The molecule has 2 aromatic rings. The number of hydrogen-bond acceptors (Lipinski definition) is 4. The molecule has 0 fully saturated rings. The minimum atomic E-state index is -0.349. The molecule has 3 rings (SSSR count). The maximum Gasteiger partial charge on any atom is 0.336 e. The number of rotatable bonds is 0. The van der Waals surface area contributed by atoms with Crippen molar-refractivity contribution in [2.45, 2.75) is 25.5 Å². The summed E-state index contributed by atoms with van der Waals surface area (Å²) < 4.78 is 11.0. The van der Waals surface area contributed by atoms with Crippen molar-refractivity contribution in [3.05, 3.63) is 40.2 Å². The van der Waals surface area contributed by atoms with E-state index in [1.165, 1.54) is 6.07 Å². The maximum absolute atomic E-state index is 11.3. The van der Waals surface area contributed by atoms with Crippen molar-refractivity contribution in [2.24, 2.45) is 5.73 Å². The van der Waals surface area contributed by atoms with Crippen LogP contribution in [0.1, 0.15) is 12.5 Å². The summed E-state index contributed by atoms with van der Waals surface area (Å²) in [4.78, 5) is 11.3. The van der Waals surface area contributed by atoms with E-state index in [4.69, 9.17) is 14.9 Å². The Morgan fingerprint density at radius 1 is 1.29 bits per heavy atom. The summed E-state index contributed by atoms with van der Waals surface area (Å²) in [6.45, 7) is 1.94. The monoisotopic (exact) mass is 231 g/mol. The normalized spacial score (nSPS) is 23.2. The van der Waals surface area contributed by atoms with Gasteiger partial charge in [-0.05, 0) is 31.5 Å². The molecule has 0 aliphatic carbocycles. The van der Waals surface area contributed by atoms with Crippen molar-refractivity contribution >= 4 is 11.0 Å². The average Bonchev–Trinajstić information content (AvgIpc) is 2.31. The predicted molar refractivity (Wildman–Crippen MR) is 64.3 cm³/mol. The van der Waals surface area contributed by atoms with Crippen LogP contribution in [0.5, 0.6) is 5.75 Å². The average molecular weight is 231 g/mol. The van der Waals surface area contributed by atoms with E-state index in [1.54, 1.807) is 6.07 Å². The van der Waals surface area contributed by atoms with Gasteiger partial charge < -0.3 is 14.9 Å². The minimum absolute atomic E-state index is 0.0182. The third-order valence-electron chi connectivity index (χ3n) is 3.21. The van der Waals surface area contributed by atoms with Gasteiger partial charge in [0, 0.05) is 23.1 Å². The number of hydrogen-bond donors (Lipinski definition) is 1. The van der Waals surface area contributed by atoms with Crippen LogP contribution >= 0.6 is 0 Å². The Morgan fingerprint density at radius 2 is 2.06 bits per heavy atom. The highest BCUT2D eigenvalue weighted by atomic mass is 16.5. The largest absolute Gasteiger partial charge is 0.489 e. The third kappa shape index (κ3) is 1.61. The van der Waals surface area contributed by atoms with Crippen molar-refractivity contribution in [2.75, 3.05) is 0 Å². The summed E-state index contributed by atoms with van der Waals surface area (Å²) >= 11 is 0. The molecule has 2 atom stereocenters. The van der Waals surface area contributed by atoms with Gasteiger partial charge in [0.1, 0.15) is 17.4 Å². The SMILES string of the molecule is CC1Oc2ccc3ccc(=O)oc3c2CC1N. The molecule has 0 amide bonds. The highest BCUT2D eigenvalue weighted by molar-refractivity contribution is 5.82. The molecule has 4 heteroatoms. The summed E-state index contributed by atoms with van der Waals surface area (Å²) in [7, 11) is 0. The van der Waals surface area contributed by atoms with Gasteiger partial charge in [0.2, 0.25) is 0 Å². The lowest BCUT2D eigenvalue weighted by Gasteiger charge is -2.29. The molecule has 1 aliphatic rings. The molecule has 2 unspecified atom stereocenters. The summed E-state index contributed by atoms with van der Waals surface area (Å²) in [5.74, 6) is 0.765. The highest BCUT2D eigenvalue weighted by Gasteiger charge is 2.26. The van der Waals surface area contributed by atoms with Crippen LogP contribution in [0.4, 0.5) is 0 Å². The number of benzene rings is 1. The second-order valence-electron chi connectivity index (χ2n) is 4.41. The van der Waals surface area contributed by atoms with Crippen molar-refractivity contribution in [1.29, 1.82) is 0 Å². The molecule has 2 N–H and O–H groups in total. The van der Waals surface area contributed by atoms with Gasteiger partial charge in [0.25, 0.3) is 0 Å². The Balaban J connectivity index is 2.28. The fourth-order valence-electron chi connectivity index (χ4n) is 2.17. The molecule has 1 aromatic heterocycles. The van der Waals surface area contributed by atoms with E-state index < -0.39 is 0 Å². The summed E-state index contributed by atoms with van der Waals surface area (Å²) in [5.41, 5.74) is 7.12. The fourth-order valence-corrected chi connectivity index (χ4v) is 2.17.